The van der Waals surface area contributed by atoms with E-state index in [1.807, 2.05) is 6.92 Å². The van der Waals surface area contributed by atoms with Crippen molar-refractivity contribution in [2.24, 2.45) is 0 Å². The van der Waals surface area contributed by atoms with E-state index < -0.39 is 0 Å². The van der Waals surface area contributed by atoms with Crippen LogP contribution in [0.2, 0.25) is 0 Å². The highest BCUT2D eigenvalue weighted by atomic mass is 16.1. The molecule has 0 saturated carbocycles. The maximum Gasteiger partial charge on any atom is 0.221 e. The topological polar surface area (TPSA) is 44.4 Å². The maximum atomic E-state index is 11.5. The molecule has 16 heavy (non-hydrogen) atoms. The number of hydrogen-bond acceptors (Lipinski definition) is 3. The van der Waals surface area contributed by atoms with E-state index in [9.17, 15) is 4.79 Å². The summed E-state index contributed by atoms with van der Waals surface area (Å²) in [4.78, 5) is 13.8. The summed E-state index contributed by atoms with van der Waals surface area (Å²) in [6.07, 6.45) is 2.78. The summed E-state index contributed by atoms with van der Waals surface area (Å²) in [6, 6.07) is 0.867. The molecule has 0 radical (unpaired) electrons. The van der Waals surface area contributed by atoms with Gasteiger partial charge in [0.25, 0.3) is 0 Å². The van der Waals surface area contributed by atoms with Gasteiger partial charge in [0.05, 0.1) is 0 Å². The molecule has 0 aliphatic carbocycles. The SMILES string of the molecule is CCC(C)NC(=O)CCNC1CCN(C)C1. The molecule has 2 atom stereocenters. The van der Waals surface area contributed by atoms with E-state index in [-0.39, 0.29) is 5.91 Å². The summed E-state index contributed by atoms with van der Waals surface area (Å²) in [7, 11) is 2.14. The van der Waals surface area contributed by atoms with Gasteiger partial charge < -0.3 is 15.5 Å². The molecule has 4 heteroatoms. The van der Waals surface area contributed by atoms with Gasteiger partial charge in [-0.05, 0) is 33.4 Å². The zero-order valence-corrected chi connectivity index (χ0v) is 10.8. The molecule has 0 aromatic rings. The molecule has 0 aromatic heterocycles. The van der Waals surface area contributed by atoms with Crippen LogP contribution < -0.4 is 10.6 Å². The van der Waals surface area contributed by atoms with Crippen LogP contribution in [0.1, 0.15) is 33.1 Å². The summed E-state index contributed by atoms with van der Waals surface area (Å²) >= 11 is 0. The van der Waals surface area contributed by atoms with E-state index in [1.165, 1.54) is 6.42 Å². The lowest BCUT2D eigenvalue weighted by molar-refractivity contribution is -0.121. The first-order valence-electron chi connectivity index (χ1n) is 6.33. The van der Waals surface area contributed by atoms with Crippen molar-refractivity contribution in [1.29, 1.82) is 0 Å². The van der Waals surface area contributed by atoms with Gasteiger partial charge in [-0.2, -0.15) is 0 Å². The van der Waals surface area contributed by atoms with E-state index in [2.05, 4.69) is 29.5 Å². The Hall–Kier alpha value is -0.610. The Kier molecular flexibility index (Phi) is 5.77. The number of hydrogen-bond donors (Lipinski definition) is 2. The molecule has 1 aliphatic rings. The van der Waals surface area contributed by atoms with Gasteiger partial charge in [0.1, 0.15) is 0 Å². The second kappa shape index (κ2) is 6.86. The normalized spacial score (nSPS) is 23.3. The molecule has 1 fully saturated rings. The Morgan fingerprint density at radius 3 is 2.88 bits per heavy atom. The maximum absolute atomic E-state index is 11.5. The molecule has 1 rings (SSSR count). The standard InChI is InChI=1S/C12H25N3O/c1-4-10(2)14-12(16)5-7-13-11-6-8-15(3)9-11/h10-11,13H,4-9H2,1-3H3,(H,14,16). The van der Waals surface area contributed by atoms with Crippen LogP contribution in [0.25, 0.3) is 0 Å². The first kappa shape index (κ1) is 13.5. The van der Waals surface area contributed by atoms with E-state index in [1.54, 1.807) is 0 Å². The summed E-state index contributed by atoms with van der Waals surface area (Å²) in [5.41, 5.74) is 0. The fourth-order valence-electron chi connectivity index (χ4n) is 1.94. The first-order chi connectivity index (χ1) is 7.61. The van der Waals surface area contributed by atoms with Crippen LogP contribution in [0.5, 0.6) is 0 Å². The van der Waals surface area contributed by atoms with Crippen LogP contribution in [-0.4, -0.2) is 49.6 Å². The zero-order valence-electron chi connectivity index (χ0n) is 10.8. The summed E-state index contributed by atoms with van der Waals surface area (Å²) in [5, 5.41) is 6.41. The van der Waals surface area contributed by atoms with Crippen LogP contribution in [0, 0.1) is 0 Å². The van der Waals surface area contributed by atoms with Crippen LogP contribution in [0.3, 0.4) is 0 Å². The third kappa shape index (κ3) is 4.94. The van der Waals surface area contributed by atoms with E-state index in [0.717, 1.165) is 26.1 Å². The first-order valence-corrected chi connectivity index (χ1v) is 6.33. The molecule has 2 unspecified atom stereocenters. The molecule has 4 nitrogen and oxygen atoms in total. The Morgan fingerprint density at radius 1 is 1.56 bits per heavy atom. The van der Waals surface area contributed by atoms with Crippen molar-refractivity contribution in [1.82, 2.24) is 15.5 Å². The van der Waals surface area contributed by atoms with Crippen molar-refractivity contribution >= 4 is 5.91 Å². The molecule has 0 spiro atoms. The quantitative estimate of drug-likeness (QED) is 0.698. The molecule has 1 heterocycles. The average Bonchev–Trinajstić information content (AvgIpc) is 2.64. The molecule has 0 bridgehead atoms. The minimum atomic E-state index is 0.160. The highest BCUT2D eigenvalue weighted by Crippen LogP contribution is 2.05. The van der Waals surface area contributed by atoms with Gasteiger partial charge in [-0.1, -0.05) is 6.92 Å². The fourth-order valence-corrected chi connectivity index (χ4v) is 1.94. The monoisotopic (exact) mass is 227 g/mol. The van der Waals surface area contributed by atoms with Gasteiger partial charge in [-0.3, -0.25) is 4.79 Å². The number of nitrogens with one attached hydrogen (secondary N) is 2. The lowest BCUT2D eigenvalue weighted by Crippen LogP contribution is -2.37. The van der Waals surface area contributed by atoms with Crippen molar-refractivity contribution in [2.45, 2.75) is 45.2 Å². The molecular weight excluding hydrogens is 202 g/mol. The molecular formula is C12H25N3O. The van der Waals surface area contributed by atoms with Gasteiger partial charge in [0, 0.05) is 31.6 Å². The lowest BCUT2D eigenvalue weighted by atomic mass is 10.2. The second-order valence-corrected chi connectivity index (χ2v) is 4.83. The van der Waals surface area contributed by atoms with Crippen LogP contribution in [0.4, 0.5) is 0 Å². The number of likely N-dealkylation sites (tertiary alicyclic amines) is 1. The van der Waals surface area contributed by atoms with Crippen molar-refractivity contribution in [3.05, 3.63) is 0 Å². The predicted molar refractivity (Wildman–Crippen MR) is 66.4 cm³/mol. The van der Waals surface area contributed by atoms with E-state index >= 15 is 0 Å². The minimum absolute atomic E-state index is 0.160. The van der Waals surface area contributed by atoms with Crippen molar-refractivity contribution in [3.8, 4) is 0 Å². The number of carbonyl (C=O) groups excluding carboxylic acids is 1. The summed E-state index contributed by atoms with van der Waals surface area (Å²) < 4.78 is 0. The fraction of sp³-hybridized carbons (Fsp3) is 0.917. The van der Waals surface area contributed by atoms with E-state index in [0.29, 0.717) is 18.5 Å². The Labute approximate surface area is 98.8 Å². The molecule has 94 valence electrons. The van der Waals surface area contributed by atoms with Gasteiger partial charge in [0.15, 0.2) is 0 Å². The Morgan fingerprint density at radius 2 is 2.31 bits per heavy atom. The van der Waals surface area contributed by atoms with Gasteiger partial charge in [0.2, 0.25) is 5.91 Å². The average molecular weight is 227 g/mol. The highest BCUT2D eigenvalue weighted by Gasteiger charge is 2.18. The van der Waals surface area contributed by atoms with Crippen molar-refractivity contribution < 1.29 is 4.79 Å². The number of likely N-dealkylation sites (N-methyl/N-ethyl adjacent to an activating group) is 1. The van der Waals surface area contributed by atoms with Gasteiger partial charge >= 0.3 is 0 Å². The number of nitrogens with zero attached hydrogens (tertiary/aromatic N) is 1. The lowest BCUT2D eigenvalue weighted by Gasteiger charge is -2.14. The molecule has 1 aliphatic heterocycles. The van der Waals surface area contributed by atoms with Gasteiger partial charge in [-0.25, -0.2) is 0 Å². The van der Waals surface area contributed by atoms with Crippen LogP contribution in [0.15, 0.2) is 0 Å². The van der Waals surface area contributed by atoms with Crippen molar-refractivity contribution in [2.75, 3.05) is 26.7 Å². The summed E-state index contributed by atoms with van der Waals surface area (Å²) in [5.74, 6) is 0.160. The van der Waals surface area contributed by atoms with Crippen LogP contribution >= 0.6 is 0 Å². The Balaban J connectivity index is 2.04. The smallest absolute Gasteiger partial charge is 0.221 e. The predicted octanol–water partition coefficient (Wildman–Crippen LogP) is 0.585. The number of amides is 1. The third-order valence-corrected chi connectivity index (χ3v) is 3.20. The minimum Gasteiger partial charge on any atom is -0.354 e. The highest BCUT2D eigenvalue weighted by molar-refractivity contribution is 5.76. The Bertz CT molecular complexity index is 220. The molecule has 2 N–H and O–H groups in total. The molecule has 1 amide bonds. The zero-order chi connectivity index (χ0) is 12.0. The number of carbonyl (C=O) groups is 1. The number of rotatable bonds is 6. The molecule has 0 aromatic carbocycles. The van der Waals surface area contributed by atoms with Crippen molar-refractivity contribution in [3.63, 3.8) is 0 Å². The van der Waals surface area contributed by atoms with E-state index in [4.69, 9.17) is 0 Å². The van der Waals surface area contributed by atoms with Gasteiger partial charge in [-0.15, -0.1) is 0 Å². The summed E-state index contributed by atoms with van der Waals surface area (Å²) in [6.45, 7) is 7.18. The van der Waals surface area contributed by atoms with Crippen LogP contribution in [-0.2, 0) is 4.79 Å². The largest absolute Gasteiger partial charge is 0.354 e. The third-order valence-electron chi connectivity index (χ3n) is 3.20. The molecule has 1 saturated heterocycles. The second-order valence-electron chi connectivity index (χ2n) is 4.83.